The molecule has 1 amide bonds. The summed E-state index contributed by atoms with van der Waals surface area (Å²) in [6.07, 6.45) is 0.413. The van der Waals surface area contributed by atoms with Crippen LogP contribution < -0.4 is 14.8 Å². The van der Waals surface area contributed by atoms with Gasteiger partial charge in [0.2, 0.25) is 0 Å². The van der Waals surface area contributed by atoms with Gasteiger partial charge in [-0.15, -0.1) is 10.2 Å². The third kappa shape index (κ3) is 4.98. The second-order valence-corrected chi connectivity index (χ2v) is 8.15. The molecule has 0 saturated carbocycles. The average molecular weight is 498 g/mol. The molecule has 174 valence electrons. The van der Waals surface area contributed by atoms with E-state index in [2.05, 4.69) is 25.9 Å². The lowest BCUT2D eigenvalue weighted by molar-refractivity contribution is 0.0935. The fraction of sp³-hybridized carbons (Fsp3) is 0.167. The molecule has 10 heteroatoms. The number of hydrogen-bond donors (Lipinski definition) is 2. The van der Waals surface area contributed by atoms with E-state index in [9.17, 15) is 4.79 Å². The van der Waals surface area contributed by atoms with Crippen molar-refractivity contribution >= 4 is 29.1 Å². The molecule has 1 heterocycles. The Hall–Kier alpha value is -3.62. The summed E-state index contributed by atoms with van der Waals surface area (Å²) >= 11 is 12.4. The number of halogens is 2. The first-order chi connectivity index (χ1) is 16.5. The van der Waals surface area contributed by atoms with Crippen LogP contribution in [0.1, 0.15) is 27.8 Å². The fourth-order valence-corrected chi connectivity index (χ4v) is 4.22. The summed E-state index contributed by atoms with van der Waals surface area (Å²) in [7, 11) is 3.24. The number of nitrogens with zero attached hydrogens (tertiary/aromatic N) is 3. The van der Waals surface area contributed by atoms with Gasteiger partial charge in [-0.3, -0.25) is 4.79 Å². The largest absolute Gasteiger partial charge is 0.496 e. The molecule has 3 aromatic carbocycles. The van der Waals surface area contributed by atoms with Crippen molar-refractivity contribution in [3.8, 4) is 22.6 Å². The zero-order chi connectivity index (χ0) is 24.1. The molecule has 0 radical (unpaired) electrons. The first-order valence-corrected chi connectivity index (χ1v) is 11.1. The van der Waals surface area contributed by atoms with Gasteiger partial charge >= 0.3 is 0 Å². The number of ether oxygens (including phenoxy) is 2. The monoisotopic (exact) mass is 497 g/mol. The number of amides is 1. The van der Waals surface area contributed by atoms with Gasteiger partial charge in [0.1, 0.15) is 11.5 Å². The number of rotatable bonds is 8. The van der Waals surface area contributed by atoms with Crippen LogP contribution in [0.25, 0.3) is 11.1 Å². The molecule has 0 spiro atoms. The van der Waals surface area contributed by atoms with E-state index in [-0.39, 0.29) is 15.6 Å². The maximum Gasteiger partial charge on any atom is 0.254 e. The molecule has 1 atom stereocenters. The highest BCUT2D eigenvalue weighted by atomic mass is 35.5. The van der Waals surface area contributed by atoms with Crippen molar-refractivity contribution in [3.63, 3.8) is 0 Å². The van der Waals surface area contributed by atoms with E-state index >= 15 is 0 Å². The number of H-pyrrole nitrogens is 1. The third-order valence-electron chi connectivity index (χ3n) is 5.28. The number of tetrazole rings is 1. The molecule has 0 bridgehead atoms. The number of hydrogen-bond acceptors (Lipinski definition) is 6. The van der Waals surface area contributed by atoms with Crippen LogP contribution >= 0.6 is 23.2 Å². The summed E-state index contributed by atoms with van der Waals surface area (Å²) in [6.45, 7) is 0. The number of aromatic nitrogens is 4. The summed E-state index contributed by atoms with van der Waals surface area (Å²) < 4.78 is 11.0. The third-order valence-corrected chi connectivity index (χ3v) is 5.91. The predicted molar refractivity (Wildman–Crippen MR) is 130 cm³/mol. The molecule has 8 nitrogen and oxygen atoms in total. The highest BCUT2D eigenvalue weighted by molar-refractivity contribution is 6.39. The Labute approximate surface area is 206 Å². The molecule has 4 aromatic rings. The van der Waals surface area contributed by atoms with E-state index in [4.69, 9.17) is 32.7 Å². The molecule has 0 aliphatic carbocycles. The lowest BCUT2D eigenvalue weighted by atomic mass is 9.99. The number of carbonyl (C=O) groups excluding carboxylic acids is 1. The summed E-state index contributed by atoms with van der Waals surface area (Å²) in [6, 6.07) is 17.8. The minimum atomic E-state index is -0.565. The molecule has 0 aliphatic heterocycles. The molecule has 0 fully saturated rings. The number of benzene rings is 3. The van der Waals surface area contributed by atoms with Crippen LogP contribution in [-0.2, 0) is 6.42 Å². The summed E-state index contributed by atoms with van der Waals surface area (Å²) in [4.78, 5) is 13.0. The molecule has 0 unspecified atom stereocenters. The molecule has 4 rings (SSSR count). The van der Waals surface area contributed by atoms with Crippen molar-refractivity contribution in [3.05, 3.63) is 87.7 Å². The van der Waals surface area contributed by atoms with Crippen molar-refractivity contribution in [2.75, 3.05) is 14.2 Å². The Morgan fingerprint density at radius 3 is 2.15 bits per heavy atom. The SMILES string of the molecule is COc1cccc(OC)c1-c1ccc(C[C@H](NC(=O)c2c(Cl)cccc2Cl)c2nn[nH]n2)cc1. The fourth-order valence-electron chi connectivity index (χ4n) is 3.65. The summed E-state index contributed by atoms with van der Waals surface area (Å²) in [5.41, 5.74) is 2.92. The molecule has 2 N–H and O–H groups in total. The van der Waals surface area contributed by atoms with E-state index < -0.39 is 11.9 Å². The van der Waals surface area contributed by atoms with E-state index in [0.717, 1.165) is 16.7 Å². The van der Waals surface area contributed by atoms with Gasteiger partial charge in [-0.25, -0.2) is 0 Å². The predicted octanol–water partition coefficient (Wildman–Crippen LogP) is 4.90. The second kappa shape index (κ2) is 10.5. The van der Waals surface area contributed by atoms with Crippen LogP contribution in [0.5, 0.6) is 11.5 Å². The van der Waals surface area contributed by atoms with E-state index in [0.29, 0.717) is 23.7 Å². The first kappa shape index (κ1) is 23.5. The van der Waals surface area contributed by atoms with E-state index in [1.54, 1.807) is 32.4 Å². The normalized spacial score (nSPS) is 11.6. The Morgan fingerprint density at radius 2 is 1.59 bits per heavy atom. The van der Waals surface area contributed by atoms with Gasteiger partial charge in [-0.05, 0) is 35.4 Å². The summed E-state index contributed by atoms with van der Waals surface area (Å²) in [5, 5.41) is 17.6. The topological polar surface area (TPSA) is 102 Å². The van der Waals surface area contributed by atoms with Gasteiger partial charge in [-0.1, -0.05) is 64.8 Å². The number of nitrogens with one attached hydrogen (secondary N) is 2. The lowest BCUT2D eigenvalue weighted by Gasteiger charge is -2.17. The second-order valence-electron chi connectivity index (χ2n) is 7.33. The van der Waals surface area contributed by atoms with Crippen LogP contribution in [0.15, 0.2) is 60.7 Å². The van der Waals surface area contributed by atoms with Crippen molar-refractivity contribution in [2.45, 2.75) is 12.5 Å². The van der Waals surface area contributed by atoms with Crippen LogP contribution in [-0.4, -0.2) is 40.8 Å². The molecule has 0 saturated heterocycles. The zero-order valence-corrected chi connectivity index (χ0v) is 19.9. The molecule has 1 aromatic heterocycles. The Morgan fingerprint density at radius 1 is 0.971 bits per heavy atom. The van der Waals surface area contributed by atoms with Crippen LogP contribution in [0.2, 0.25) is 10.0 Å². The van der Waals surface area contributed by atoms with Crippen molar-refractivity contribution in [1.29, 1.82) is 0 Å². The zero-order valence-electron chi connectivity index (χ0n) is 18.4. The van der Waals surface area contributed by atoms with Crippen molar-refractivity contribution in [1.82, 2.24) is 25.9 Å². The lowest BCUT2D eigenvalue weighted by Crippen LogP contribution is -2.31. The van der Waals surface area contributed by atoms with Crippen LogP contribution in [0.3, 0.4) is 0 Å². The van der Waals surface area contributed by atoms with Gasteiger partial charge in [0, 0.05) is 6.42 Å². The minimum absolute atomic E-state index is 0.193. The first-order valence-electron chi connectivity index (χ1n) is 10.3. The van der Waals surface area contributed by atoms with E-state index in [1.807, 2.05) is 42.5 Å². The van der Waals surface area contributed by atoms with Gasteiger partial charge in [0.25, 0.3) is 5.91 Å². The van der Waals surface area contributed by atoms with Gasteiger partial charge in [-0.2, -0.15) is 5.21 Å². The maximum absolute atomic E-state index is 13.0. The van der Waals surface area contributed by atoms with Crippen LogP contribution in [0, 0.1) is 0 Å². The highest BCUT2D eigenvalue weighted by Crippen LogP contribution is 2.38. The van der Waals surface area contributed by atoms with Crippen LogP contribution in [0.4, 0.5) is 0 Å². The highest BCUT2D eigenvalue weighted by Gasteiger charge is 2.23. The number of aromatic amines is 1. The molecular weight excluding hydrogens is 477 g/mol. The van der Waals surface area contributed by atoms with E-state index in [1.165, 1.54) is 0 Å². The quantitative estimate of drug-likeness (QED) is 0.358. The Balaban J connectivity index is 1.60. The smallest absolute Gasteiger partial charge is 0.254 e. The van der Waals surface area contributed by atoms with Gasteiger partial charge in [0.05, 0.1) is 41.4 Å². The Bertz CT molecular complexity index is 1240. The average Bonchev–Trinajstić information content (AvgIpc) is 3.38. The number of methoxy groups -OCH3 is 2. The van der Waals surface area contributed by atoms with Gasteiger partial charge in [0.15, 0.2) is 5.82 Å². The molecular formula is C24H21Cl2N5O3. The molecule has 0 aliphatic rings. The van der Waals surface area contributed by atoms with Crippen molar-refractivity contribution < 1.29 is 14.3 Å². The minimum Gasteiger partial charge on any atom is -0.496 e. The summed E-state index contributed by atoms with van der Waals surface area (Å²) in [5.74, 6) is 1.33. The van der Waals surface area contributed by atoms with Gasteiger partial charge < -0.3 is 14.8 Å². The standard InChI is InChI=1S/C24H21Cl2N5O3/c1-33-19-7-4-8-20(34-2)21(19)15-11-9-14(10-12-15)13-18(23-28-30-31-29-23)27-24(32)22-16(25)5-3-6-17(22)26/h3-12,18H,13H2,1-2H3,(H,27,32)(H,28,29,30,31)/t18-/m0/s1. The molecule has 34 heavy (non-hydrogen) atoms. The Kier molecular flexibility index (Phi) is 7.30. The van der Waals surface area contributed by atoms with Crippen molar-refractivity contribution in [2.24, 2.45) is 0 Å². The maximum atomic E-state index is 13.0. The number of carbonyl (C=O) groups is 1.